The van der Waals surface area contributed by atoms with Crippen molar-refractivity contribution in [3.05, 3.63) is 77.7 Å². The lowest BCUT2D eigenvalue weighted by molar-refractivity contribution is -0.123. The van der Waals surface area contributed by atoms with Crippen molar-refractivity contribution in [2.24, 2.45) is 0 Å². The molecule has 1 heterocycles. The van der Waals surface area contributed by atoms with Crippen molar-refractivity contribution in [1.82, 2.24) is 5.32 Å². The number of rotatable bonds is 10. The number of hydrogen-bond donors (Lipinski definition) is 1. The molecular weight excluding hydrogens is 488 g/mol. The Balaban J connectivity index is 1.82. The van der Waals surface area contributed by atoms with Crippen LogP contribution in [0.3, 0.4) is 0 Å². The van der Waals surface area contributed by atoms with Crippen molar-refractivity contribution in [1.29, 1.82) is 0 Å². The highest BCUT2D eigenvalue weighted by molar-refractivity contribution is 6.09. The van der Waals surface area contributed by atoms with Gasteiger partial charge in [-0.05, 0) is 73.9 Å². The van der Waals surface area contributed by atoms with Gasteiger partial charge in [-0.3, -0.25) is 14.5 Å². The van der Waals surface area contributed by atoms with E-state index in [9.17, 15) is 14.4 Å². The Morgan fingerprint density at radius 1 is 1.00 bits per heavy atom. The number of anilines is 1. The number of nitrogens with zero attached hydrogens (tertiary/aromatic N) is 1. The van der Waals surface area contributed by atoms with Gasteiger partial charge in [0.15, 0.2) is 17.3 Å². The van der Waals surface area contributed by atoms with E-state index in [1.807, 2.05) is 0 Å². The van der Waals surface area contributed by atoms with Gasteiger partial charge in [0.2, 0.25) is 5.91 Å². The molecule has 2 amide bonds. The fraction of sp³-hybridized carbons (Fsp3) is 0.345. The van der Waals surface area contributed by atoms with E-state index in [4.69, 9.17) is 18.6 Å². The molecule has 38 heavy (non-hydrogen) atoms. The van der Waals surface area contributed by atoms with E-state index in [2.05, 4.69) is 5.32 Å². The fourth-order valence-corrected chi connectivity index (χ4v) is 4.67. The number of hydrogen-bond acceptors (Lipinski definition) is 7. The number of ether oxygens (including phenoxy) is 3. The highest BCUT2D eigenvalue weighted by atomic mass is 16.5. The predicted molar refractivity (Wildman–Crippen MR) is 141 cm³/mol. The minimum Gasteiger partial charge on any atom is -0.493 e. The molecule has 9 heteroatoms. The highest BCUT2D eigenvalue weighted by Crippen LogP contribution is 2.36. The summed E-state index contributed by atoms with van der Waals surface area (Å²) < 4.78 is 21.4. The van der Waals surface area contributed by atoms with Gasteiger partial charge in [-0.25, -0.2) is 4.79 Å². The monoisotopic (exact) mass is 520 g/mol. The Kier molecular flexibility index (Phi) is 8.68. The van der Waals surface area contributed by atoms with Crippen LogP contribution in [-0.2, 0) is 9.53 Å². The first kappa shape index (κ1) is 26.8. The van der Waals surface area contributed by atoms with Crippen molar-refractivity contribution in [3.63, 3.8) is 0 Å². The molecule has 1 aliphatic carbocycles. The maximum atomic E-state index is 13.9. The number of nitrogens with one attached hydrogen (secondary N) is 1. The molecule has 0 bridgehead atoms. The second-order valence-electron chi connectivity index (χ2n) is 8.93. The number of carbonyl (C=O) groups excluding carboxylic acids is 3. The van der Waals surface area contributed by atoms with Crippen LogP contribution in [0, 0.1) is 0 Å². The smallest absolute Gasteiger partial charge is 0.338 e. The molecule has 1 atom stereocenters. The van der Waals surface area contributed by atoms with Gasteiger partial charge >= 0.3 is 5.97 Å². The van der Waals surface area contributed by atoms with Gasteiger partial charge in [-0.1, -0.05) is 18.9 Å². The molecule has 9 nitrogen and oxygen atoms in total. The van der Waals surface area contributed by atoms with Crippen molar-refractivity contribution in [3.8, 4) is 11.5 Å². The summed E-state index contributed by atoms with van der Waals surface area (Å²) in [5.41, 5.74) is 1.26. The van der Waals surface area contributed by atoms with Gasteiger partial charge in [-0.15, -0.1) is 0 Å². The lowest BCUT2D eigenvalue weighted by atomic mass is 10.0. The van der Waals surface area contributed by atoms with Gasteiger partial charge in [0.1, 0.15) is 6.04 Å². The summed E-state index contributed by atoms with van der Waals surface area (Å²) in [5, 5.41) is 3.13. The molecule has 200 valence electrons. The molecule has 0 saturated heterocycles. The Labute approximate surface area is 221 Å². The maximum Gasteiger partial charge on any atom is 0.338 e. The third-order valence-electron chi connectivity index (χ3n) is 6.54. The van der Waals surface area contributed by atoms with Crippen LogP contribution in [0.4, 0.5) is 5.69 Å². The number of amides is 2. The van der Waals surface area contributed by atoms with E-state index in [1.165, 1.54) is 25.4 Å². The molecule has 1 saturated carbocycles. The van der Waals surface area contributed by atoms with Crippen molar-refractivity contribution in [2.45, 2.75) is 44.7 Å². The van der Waals surface area contributed by atoms with Gasteiger partial charge < -0.3 is 23.9 Å². The summed E-state index contributed by atoms with van der Waals surface area (Å²) in [4.78, 5) is 41.4. The third-order valence-corrected chi connectivity index (χ3v) is 6.54. The zero-order valence-corrected chi connectivity index (χ0v) is 21.8. The van der Waals surface area contributed by atoms with Gasteiger partial charge in [-0.2, -0.15) is 0 Å². The standard InChI is InChI=1S/C29H32N2O7/c1-4-37-29(34)19-11-14-22(15-12-19)31(28(33)24-10-7-17-38-24)26(27(32)30-21-8-5-6-9-21)20-13-16-23(35-2)25(18-20)36-3/h7,10-18,21,26H,4-6,8-9H2,1-3H3,(H,30,32)/t26-/m0/s1. The summed E-state index contributed by atoms with van der Waals surface area (Å²) >= 11 is 0. The number of carbonyl (C=O) groups is 3. The van der Waals surface area contributed by atoms with E-state index < -0.39 is 17.9 Å². The van der Waals surface area contributed by atoms with Gasteiger partial charge in [0.05, 0.1) is 32.7 Å². The second-order valence-corrected chi connectivity index (χ2v) is 8.93. The minimum atomic E-state index is -1.07. The number of methoxy groups -OCH3 is 2. The molecule has 1 N–H and O–H groups in total. The first-order valence-electron chi connectivity index (χ1n) is 12.6. The SMILES string of the molecule is CCOC(=O)c1ccc(N(C(=O)c2ccco2)[C@H](C(=O)NC2CCCC2)c2ccc(OC)c(OC)c2)cc1. The number of benzene rings is 2. The maximum absolute atomic E-state index is 13.9. The molecule has 1 aliphatic rings. The molecule has 0 unspecified atom stereocenters. The zero-order valence-electron chi connectivity index (χ0n) is 21.8. The van der Waals surface area contributed by atoms with Crippen LogP contribution in [0.25, 0.3) is 0 Å². The topological polar surface area (TPSA) is 107 Å². The number of furan rings is 1. The first-order chi connectivity index (χ1) is 18.5. The number of esters is 1. The van der Waals surface area contributed by atoms with Crippen LogP contribution < -0.4 is 19.7 Å². The first-order valence-corrected chi connectivity index (χ1v) is 12.6. The van der Waals surface area contributed by atoms with Crippen LogP contribution in [0.15, 0.2) is 65.3 Å². The lowest BCUT2D eigenvalue weighted by Gasteiger charge is -2.32. The molecule has 0 radical (unpaired) electrons. The van der Waals surface area contributed by atoms with Crippen LogP contribution >= 0.6 is 0 Å². The summed E-state index contributed by atoms with van der Waals surface area (Å²) in [5.74, 6) is -0.337. The minimum absolute atomic E-state index is 0.0249. The average Bonchev–Trinajstić information content (AvgIpc) is 3.66. The Hall–Kier alpha value is -4.27. The summed E-state index contributed by atoms with van der Waals surface area (Å²) in [7, 11) is 3.04. The Bertz CT molecular complexity index is 1250. The Morgan fingerprint density at radius 2 is 1.71 bits per heavy atom. The molecule has 1 fully saturated rings. The van der Waals surface area contributed by atoms with Crippen molar-refractivity contribution < 1.29 is 33.0 Å². The van der Waals surface area contributed by atoms with Crippen molar-refractivity contribution >= 4 is 23.5 Å². The normalized spacial score (nSPS) is 14.0. The van der Waals surface area contributed by atoms with Crippen LogP contribution in [-0.4, -0.2) is 44.7 Å². The van der Waals surface area contributed by atoms with E-state index in [1.54, 1.807) is 61.5 Å². The summed E-state index contributed by atoms with van der Waals surface area (Å²) in [6.07, 6.45) is 5.24. The van der Waals surface area contributed by atoms with E-state index in [0.717, 1.165) is 25.7 Å². The predicted octanol–water partition coefficient (Wildman–Crippen LogP) is 4.92. The quantitative estimate of drug-likeness (QED) is 0.378. The largest absolute Gasteiger partial charge is 0.493 e. The molecule has 4 rings (SSSR count). The molecule has 2 aromatic carbocycles. The molecule has 1 aromatic heterocycles. The molecule has 3 aromatic rings. The lowest BCUT2D eigenvalue weighted by Crippen LogP contribution is -2.46. The second kappa shape index (κ2) is 12.3. The fourth-order valence-electron chi connectivity index (χ4n) is 4.67. The zero-order chi connectivity index (χ0) is 27.1. The van der Waals surface area contributed by atoms with Crippen LogP contribution in [0.1, 0.15) is 65.1 Å². The third kappa shape index (κ3) is 5.82. The Morgan fingerprint density at radius 3 is 2.32 bits per heavy atom. The van der Waals surface area contributed by atoms with E-state index in [0.29, 0.717) is 28.3 Å². The molecule has 0 spiro atoms. The van der Waals surface area contributed by atoms with Crippen LogP contribution in [0.2, 0.25) is 0 Å². The highest BCUT2D eigenvalue weighted by Gasteiger charge is 2.36. The van der Waals surface area contributed by atoms with E-state index >= 15 is 0 Å². The van der Waals surface area contributed by atoms with Gasteiger partial charge in [0.25, 0.3) is 5.91 Å². The summed E-state index contributed by atoms with van der Waals surface area (Å²) in [6, 6.07) is 13.6. The average molecular weight is 521 g/mol. The molecular formula is C29H32N2O7. The van der Waals surface area contributed by atoms with E-state index in [-0.39, 0.29) is 24.3 Å². The van der Waals surface area contributed by atoms with Crippen molar-refractivity contribution in [2.75, 3.05) is 25.7 Å². The molecule has 0 aliphatic heterocycles. The van der Waals surface area contributed by atoms with Gasteiger partial charge in [0, 0.05) is 11.7 Å². The summed E-state index contributed by atoms with van der Waals surface area (Å²) in [6.45, 7) is 1.97. The van der Waals surface area contributed by atoms with Crippen LogP contribution in [0.5, 0.6) is 11.5 Å².